The molecule has 1 aliphatic rings. The highest BCUT2D eigenvalue weighted by atomic mass is 32.1. The van der Waals surface area contributed by atoms with Gasteiger partial charge in [-0.3, -0.25) is 0 Å². The van der Waals surface area contributed by atoms with Crippen LogP contribution in [0.15, 0.2) is 0 Å². The highest BCUT2D eigenvalue weighted by molar-refractivity contribution is 7.80. The molecule has 106 valence electrons. The van der Waals surface area contributed by atoms with Crippen molar-refractivity contribution in [1.82, 2.24) is 4.90 Å². The molecule has 1 atom stereocenters. The zero-order chi connectivity index (χ0) is 13.6. The van der Waals surface area contributed by atoms with Gasteiger partial charge in [0.05, 0.1) is 4.99 Å². The third-order valence-electron chi connectivity index (χ3n) is 4.36. The van der Waals surface area contributed by atoms with Crippen molar-refractivity contribution in [2.75, 3.05) is 19.6 Å². The average Bonchev–Trinajstić information content (AvgIpc) is 2.52. The van der Waals surface area contributed by atoms with Gasteiger partial charge in [0.25, 0.3) is 0 Å². The van der Waals surface area contributed by atoms with Crippen molar-refractivity contribution >= 4 is 17.2 Å². The Labute approximate surface area is 118 Å². The Balaban J connectivity index is 2.33. The summed E-state index contributed by atoms with van der Waals surface area (Å²) in [5.74, 6) is 0.962. The number of nitrogens with two attached hydrogens (primary N) is 1. The van der Waals surface area contributed by atoms with Gasteiger partial charge in [0.2, 0.25) is 0 Å². The lowest BCUT2D eigenvalue weighted by Gasteiger charge is -2.28. The van der Waals surface area contributed by atoms with E-state index in [0.29, 0.717) is 4.99 Å². The van der Waals surface area contributed by atoms with Crippen molar-refractivity contribution in [3.63, 3.8) is 0 Å². The molecular weight excluding hydrogens is 240 g/mol. The highest BCUT2D eigenvalue weighted by Crippen LogP contribution is 2.25. The van der Waals surface area contributed by atoms with Gasteiger partial charge in [0.1, 0.15) is 0 Å². The average molecular weight is 270 g/mol. The second-order valence-electron chi connectivity index (χ2n) is 6.43. The summed E-state index contributed by atoms with van der Waals surface area (Å²) in [6, 6.07) is 0. The molecule has 1 saturated heterocycles. The largest absolute Gasteiger partial charge is 0.393 e. The minimum Gasteiger partial charge on any atom is -0.393 e. The fourth-order valence-electron chi connectivity index (χ4n) is 2.71. The Bertz CT molecular complexity index is 263. The quantitative estimate of drug-likeness (QED) is 0.748. The van der Waals surface area contributed by atoms with Crippen LogP contribution < -0.4 is 5.73 Å². The van der Waals surface area contributed by atoms with E-state index >= 15 is 0 Å². The van der Waals surface area contributed by atoms with Crippen molar-refractivity contribution in [3.05, 3.63) is 0 Å². The Morgan fingerprint density at radius 1 is 1.33 bits per heavy atom. The number of nitrogens with zero attached hydrogens (tertiary/aromatic N) is 1. The molecule has 2 N–H and O–H groups in total. The Morgan fingerprint density at radius 2 is 2.06 bits per heavy atom. The number of hydrogen-bond donors (Lipinski definition) is 1. The minimum absolute atomic E-state index is 0.00442. The summed E-state index contributed by atoms with van der Waals surface area (Å²) in [7, 11) is 0. The summed E-state index contributed by atoms with van der Waals surface area (Å²) in [5.41, 5.74) is 5.80. The first-order valence-corrected chi connectivity index (χ1v) is 7.89. The maximum absolute atomic E-state index is 5.79. The molecule has 3 heteroatoms. The van der Waals surface area contributed by atoms with Gasteiger partial charge in [-0.05, 0) is 51.2 Å². The topological polar surface area (TPSA) is 29.3 Å². The Kier molecular flexibility index (Phi) is 6.58. The molecule has 0 aromatic rings. The zero-order valence-corrected chi connectivity index (χ0v) is 13.2. The van der Waals surface area contributed by atoms with Gasteiger partial charge in [-0.1, -0.05) is 45.8 Å². The SMILES string of the molecule is CCCC1CCCN(CCC(C)(C)C(N)=S)CC1. The Morgan fingerprint density at radius 3 is 2.67 bits per heavy atom. The molecule has 1 unspecified atom stereocenters. The van der Waals surface area contributed by atoms with Crippen molar-refractivity contribution < 1.29 is 0 Å². The zero-order valence-electron chi connectivity index (χ0n) is 12.4. The van der Waals surface area contributed by atoms with Crippen molar-refractivity contribution in [2.24, 2.45) is 17.1 Å². The molecule has 0 aliphatic carbocycles. The van der Waals surface area contributed by atoms with Gasteiger partial charge in [-0.25, -0.2) is 0 Å². The molecule has 1 heterocycles. The predicted octanol–water partition coefficient (Wildman–Crippen LogP) is 3.59. The van der Waals surface area contributed by atoms with E-state index in [1.54, 1.807) is 0 Å². The van der Waals surface area contributed by atoms with Gasteiger partial charge in [-0.2, -0.15) is 0 Å². The van der Waals surface area contributed by atoms with E-state index in [0.717, 1.165) is 18.9 Å². The van der Waals surface area contributed by atoms with Crippen LogP contribution >= 0.6 is 12.2 Å². The monoisotopic (exact) mass is 270 g/mol. The van der Waals surface area contributed by atoms with Gasteiger partial charge >= 0.3 is 0 Å². The van der Waals surface area contributed by atoms with E-state index in [1.165, 1.54) is 45.2 Å². The number of likely N-dealkylation sites (tertiary alicyclic amines) is 1. The Hall–Kier alpha value is -0.150. The third-order valence-corrected chi connectivity index (χ3v) is 4.91. The van der Waals surface area contributed by atoms with E-state index < -0.39 is 0 Å². The van der Waals surface area contributed by atoms with Crippen LogP contribution in [0.25, 0.3) is 0 Å². The van der Waals surface area contributed by atoms with E-state index in [9.17, 15) is 0 Å². The molecule has 0 amide bonds. The molecule has 1 fully saturated rings. The van der Waals surface area contributed by atoms with Crippen LogP contribution in [0, 0.1) is 11.3 Å². The van der Waals surface area contributed by atoms with Gasteiger partial charge < -0.3 is 10.6 Å². The van der Waals surface area contributed by atoms with Crippen LogP contribution in [0.5, 0.6) is 0 Å². The van der Waals surface area contributed by atoms with Gasteiger partial charge in [-0.15, -0.1) is 0 Å². The number of thiocarbonyl (C=S) groups is 1. The predicted molar refractivity (Wildman–Crippen MR) is 83.9 cm³/mol. The molecule has 2 nitrogen and oxygen atoms in total. The lowest BCUT2D eigenvalue weighted by molar-refractivity contribution is 0.250. The molecule has 0 bridgehead atoms. The normalized spacial score (nSPS) is 22.7. The lowest BCUT2D eigenvalue weighted by Crippen LogP contribution is -2.35. The van der Waals surface area contributed by atoms with E-state index in [-0.39, 0.29) is 5.41 Å². The maximum Gasteiger partial charge on any atom is 0.0784 e. The van der Waals surface area contributed by atoms with Crippen LogP contribution in [-0.2, 0) is 0 Å². The third kappa shape index (κ3) is 5.23. The molecule has 1 aliphatic heterocycles. The smallest absolute Gasteiger partial charge is 0.0784 e. The van der Waals surface area contributed by atoms with Crippen LogP contribution in [0.3, 0.4) is 0 Å². The standard InChI is InChI=1S/C15H30N2S/c1-4-6-13-7-5-10-17(11-8-13)12-9-15(2,3)14(16)18/h13H,4-12H2,1-3H3,(H2,16,18). The second-order valence-corrected chi connectivity index (χ2v) is 6.87. The molecule has 0 aromatic carbocycles. The van der Waals surface area contributed by atoms with E-state index in [2.05, 4.69) is 25.7 Å². The first-order valence-electron chi connectivity index (χ1n) is 7.48. The fourth-order valence-corrected chi connectivity index (χ4v) is 2.81. The van der Waals surface area contributed by atoms with Crippen LogP contribution in [0.4, 0.5) is 0 Å². The lowest BCUT2D eigenvalue weighted by atomic mass is 9.89. The molecule has 1 rings (SSSR count). The first kappa shape index (κ1) is 15.9. The summed E-state index contributed by atoms with van der Waals surface area (Å²) in [6.45, 7) is 10.3. The molecule has 0 spiro atoms. The number of rotatable bonds is 6. The molecule has 0 aromatic heterocycles. The fraction of sp³-hybridized carbons (Fsp3) is 0.933. The summed E-state index contributed by atoms with van der Waals surface area (Å²) in [5, 5.41) is 0. The summed E-state index contributed by atoms with van der Waals surface area (Å²) in [6.07, 6.45) is 7.98. The van der Waals surface area contributed by atoms with Gasteiger partial charge in [0.15, 0.2) is 0 Å². The van der Waals surface area contributed by atoms with Crippen LogP contribution in [-0.4, -0.2) is 29.5 Å². The van der Waals surface area contributed by atoms with Crippen LogP contribution in [0.2, 0.25) is 0 Å². The van der Waals surface area contributed by atoms with Gasteiger partial charge in [0, 0.05) is 5.41 Å². The van der Waals surface area contributed by atoms with E-state index in [1.807, 2.05) is 0 Å². The molecular formula is C15H30N2S. The summed E-state index contributed by atoms with van der Waals surface area (Å²) in [4.78, 5) is 3.26. The maximum atomic E-state index is 5.79. The highest BCUT2D eigenvalue weighted by Gasteiger charge is 2.23. The number of hydrogen-bond acceptors (Lipinski definition) is 2. The summed E-state index contributed by atoms with van der Waals surface area (Å²) < 4.78 is 0. The second kappa shape index (κ2) is 7.44. The van der Waals surface area contributed by atoms with Crippen molar-refractivity contribution in [1.29, 1.82) is 0 Å². The van der Waals surface area contributed by atoms with Crippen molar-refractivity contribution in [2.45, 2.75) is 59.3 Å². The van der Waals surface area contributed by atoms with Crippen LogP contribution in [0.1, 0.15) is 59.3 Å². The molecule has 18 heavy (non-hydrogen) atoms. The minimum atomic E-state index is 0.00442. The summed E-state index contributed by atoms with van der Waals surface area (Å²) >= 11 is 5.14. The molecule has 0 saturated carbocycles. The van der Waals surface area contributed by atoms with Crippen molar-refractivity contribution in [3.8, 4) is 0 Å². The molecule has 0 radical (unpaired) electrons. The first-order chi connectivity index (χ1) is 8.45. The van der Waals surface area contributed by atoms with E-state index in [4.69, 9.17) is 18.0 Å².